The van der Waals surface area contributed by atoms with E-state index in [4.69, 9.17) is 0 Å². The van der Waals surface area contributed by atoms with Crippen molar-refractivity contribution in [2.24, 2.45) is 0 Å². The molecule has 0 aromatic carbocycles. The van der Waals surface area contributed by atoms with Gasteiger partial charge in [0.1, 0.15) is 0 Å². The van der Waals surface area contributed by atoms with Gasteiger partial charge in [0.15, 0.2) is 0 Å². The maximum atomic E-state index is 3.29. The van der Waals surface area contributed by atoms with Crippen LogP contribution in [0, 0.1) is 0 Å². The minimum absolute atomic E-state index is 0.896. The van der Waals surface area contributed by atoms with Gasteiger partial charge >= 0.3 is 0 Å². The van der Waals surface area contributed by atoms with E-state index in [-0.39, 0.29) is 0 Å². The van der Waals surface area contributed by atoms with E-state index in [9.17, 15) is 0 Å². The fourth-order valence-corrected chi connectivity index (χ4v) is 0.656. The van der Waals surface area contributed by atoms with Crippen LogP contribution >= 0.6 is 31.9 Å². The summed E-state index contributed by atoms with van der Waals surface area (Å²) in [6, 6.07) is 0. The Morgan fingerprint density at radius 3 is 2.78 bits per heavy atom. The molecule has 0 spiro atoms. The van der Waals surface area contributed by atoms with Crippen molar-refractivity contribution in [2.45, 2.75) is 0 Å². The highest BCUT2D eigenvalue weighted by Crippen LogP contribution is 1.97. The van der Waals surface area contributed by atoms with Crippen LogP contribution in [0.1, 0.15) is 0 Å². The second-order valence-corrected chi connectivity index (χ2v) is 2.85. The zero-order chi connectivity index (χ0) is 7.11. The third-order valence-corrected chi connectivity index (χ3v) is 1.74. The van der Waals surface area contributed by atoms with Gasteiger partial charge in [-0.1, -0.05) is 28.1 Å². The topological polar surface area (TPSA) is 12.0 Å². The molecule has 0 aliphatic heterocycles. The lowest BCUT2D eigenvalue weighted by Gasteiger charge is -1.90. The van der Waals surface area contributed by atoms with Crippen molar-refractivity contribution in [3.8, 4) is 0 Å². The molecule has 0 aliphatic carbocycles. The molecule has 0 atom stereocenters. The molecule has 0 bridgehead atoms. The lowest BCUT2D eigenvalue weighted by molar-refractivity contribution is 1.09. The number of rotatable bonds is 3. The SMILES string of the molecule is CN/C(Br)=C\C=C/CBr. The first-order valence-electron chi connectivity index (χ1n) is 2.57. The van der Waals surface area contributed by atoms with Gasteiger partial charge < -0.3 is 5.32 Å². The maximum absolute atomic E-state index is 3.29. The Bertz CT molecular complexity index is 118. The fourth-order valence-electron chi connectivity index (χ4n) is 0.287. The van der Waals surface area contributed by atoms with E-state index in [2.05, 4.69) is 37.2 Å². The largest absolute Gasteiger partial charge is 0.382 e. The molecule has 0 saturated heterocycles. The van der Waals surface area contributed by atoms with E-state index >= 15 is 0 Å². The smallest absolute Gasteiger partial charge is 0.0777 e. The second kappa shape index (κ2) is 6.36. The maximum Gasteiger partial charge on any atom is 0.0777 e. The van der Waals surface area contributed by atoms with Gasteiger partial charge in [0.25, 0.3) is 0 Å². The quantitative estimate of drug-likeness (QED) is 0.463. The predicted octanol–water partition coefficient (Wildman–Crippen LogP) is 2.39. The first-order valence-corrected chi connectivity index (χ1v) is 4.48. The molecule has 1 N–H and O–H groups in total. The van der Waals surface area contributed by atoms with Crippen molar-refractivity contribution in [2.75, 3.05) is 12.4 Å². The highest BCUT2D eigenvalue weighted by molar-refractivity contribution is 9.11. The number of halogens is 2. The highest BCUT2D eigenvalue weighted by Gasteiger charge is 1.76. The van der Waals surface area contributed by atoms with Crippen molar-refractivity contribution in [3.05, 3.63) is 22.8 Å². The molecular formula is C6H9Br2N. The molecular weight excluding hydrogens is 246 g/mol. The standard InChI is InChI=1S/C6H9Br2N/c1-9-6(8)4-2-3-5-7/h2-4,9H,5H2,1H3/b3-2-,6-4-. The van der Waals surface area contributed by atoms with Crippen molar-refractivity contribution in [3.63, 3.8) is 0 Å². The van der Waals surface area contributed by atoms with Crippen LogP contribution in [0.4, 0.5) is 0 Å². The van der Waals surface area contributed by atoms with Gasteiger partial charge in [-0.15, -0.1) is 0 Å². The van der Waals surface area contributed by atoms with Crippen LogP contribution in [0.3, 0.4) is 0 Å². The summed E-state index contributed by atoms with van der Waals surface area (Å²) in [5.41, 5.74) is 0. The molecule has 0 aromatic heterocycles. The lowest BCUT2D eigenvalue weighted by Crippen LogP contribution is -1.97. The van der Waals surface area contributed by atoms with Crippen LogP contribution < -0.4 is 5.32 Å². The first kappa shape index (κ1) is 9.24. The summed E-state index contributed by atoms with van der Waals surface area (Å²) >= 11 is 6.56. The molecule has 3 heteroatoms. The lowest BCUT2D eigenvalue weighted by atomic mass is 10.5. The van der Waals surface area contributed by atoms with E-state index in [1.807, 2.05) is 25.3 Å². The number of nitrogens with one attached hydrogen (secondary N) is 1. The van der Waals surface area contributed by atoms with Gasteiger partial charge in [-0.3, -0.25) is 0 Å². The van der Waals surface area contributed by atoms with Crippen molar-refractivity contribution < 1.29 is 0 Å². The number of alkyl halides is 1. The monoisotopic (exact) mass is 253 g/mol. The van der Waals surface area contributed by atoms with E-state index < -0.39 is 0 Å². The Balaban J connectivity index is 3.55. The van der Waals surface area contributed by atoms with Crippen molar-refractivity contribution in [1.82, 2.24) is 5.32 Å². The molecule has 0 aromatic rings. The van der Waals surface area contributed by atoms with E-state index in [1.54, 1.807) is 0 Å². The third-order valence-electron chi connectivity index (χ3n) is 0.707. The molecule has 0 unspecified atom stereocenters. The Hall–Kier alpha value is 0.240. The van der Waals surface area contributed by atoms with Crippen molar-refractivity contribution in [1.29, 1.82) is 0 Å². The molecule has 0 rings (SSSR count). The number of hydrogen-bond donors (Lipinski definition) is 1. The van der Waals surface area contributed by atoms with Crippen LogP contribution in [-0.2, 0) is 0 Å². The van der Waals surface area contributed by atoms with Gasteiger partial charge in [-0.2, -0.15) is 0 Å². The summed E-state index contributed by atoms with van der Waals surface area (Å²) in [4.78, 5) is 0. The summed E-state index contributed by atoms with van der Waals surface area (Å²) < 4.78 is 0.986. The van der Waals surface area contributed by atoms with Crippen LogP contribution in [0.5, 0.6) is 0 Å². The summed E-state index contributed by atoms with van der Waals surface area (Å²) in [5.74, 6) is 0. The van der Waals surface area contributed by atoms with Gasteiger partial charge in [-0.25, -0.2) is 0 Å². The molecule has 0 amide bonds. The minimum Gasteiger partial charge on any atom is -0.382 e. The van der Waals surface area contributed by atoms with E-state index in [0.29, 0.717) is 0 Å². The first-order chi connectivity index (χ1) is 4.31. The molecule has 1 nitrogen and oxygen atoms in total. The van der Waals surface area contributed by atoms with E-state index in [0.717, 1.165) is 9.94 Å². The Morgan fingerprint density at radius 1 is 1.67 bits per heavy atom. The van der Waals surface area contributed by atoms with Gasteiger partial charge in [0.05, 0.1) is 4.61 Å². The van der Waals surface area contributed by atoms with Crippen LogP contribution in [0.15, 0.2) is 22.8 Å². The van der Waals surface area contributed by atoms with Crippen LogP contribution in [-0.4, -0.2) is 12.4 Å². The molecule has 0 fully saturated rings. The second-order valence-electron chi connectivity index (χ2n) is 1.35. The molecule has 0 radical (unpaired) electrons. The van der Waals surface area contributed by atoms with Gasteiger partial charge in [-0.05, 0) is 22.0 Å². The average Bonchev–Trinajstić information content (AvgIpc) is 1.89. The number of allylic oxidation sites excluding steroid dienone is 3. The third kappa shape index (κ3) is 6.12. The molecule has 0 saturated carbocycles. The molecule has 9 heavy (non-hydrogen) atoms. The Morgan fingerprint density at radius 2 is 2.33 bits per heavy atom. The average molecular weight is 255 g/mol. The summed E-state index contributed by atoms with van der Waals surface area (Å²) in [6.07, 6.45) is 5.93. The molecule has 0 heterocycles. The summed E-state index contributed by atoms with van der Waals surface area (Å²) in [5, 5.41) is 3.83. The van der Waals surface area contributed by atoms with Gasteiger partial charge in [0.2, 0.25) is 0 Å². The number of hydrogen-bond acceptors (Lipinski definition) is 1. The molecule has 52 valence electrons. The fraction of sp³-hybridized carbons (Fsp3) is 0.333. The molecule has 0 aliphatic rings. The Labute approximate surface area is 72.5 Å². The van der Waals surface area contributed by atoms with Crippen molar-refractivity contribution >= 4 is 31.9 Å². The summed E-state index contributed by atoms with van der Waals surface area (Å²) in [7, 11) is 1.86. The minimum atomic E-state index is 0.896. The van der Waals surface area contributed by atoms with Gasteiger partial charge in [0, 0.05) is 12.4 Å². The zero-order valence-corrected chi connectivity index (χ0v) is 8.37. The van der Waals surface area contributed by atoms with Crippen LogP contribution in [0.25, 0.3) is 0 Å². The predicted molar refractivity (Wildman–Crippen MR) is 49.0 cm³/mol. The normalized spacial score (nSPS) is 12.6. The van der Waals surface area contributed by atoms with Crippen LogP contribution in [0.2, 0.25) is 0 Å². The van der Waals surface area contributed by atoms with E-state index in [1.165, 1.54) is 0 Å². The summed E-state index contributed by atoms with van der Waals surface area (Å²) in [6.45, 7) is 0. The zero-order valence-electron chi connectivity index (χ0n) is 5.20. The Kier molecular flexibility index (Phi) is 6.53. The highest BCUT2D eigenvalue weighted by atomic mass is 79.9.